The Labute approximate surface area is 402 Å². The van der Waals surface area contributed by atoms with Gasteiger partial charge in [0.1, 0.15) is 23.3 Å². The summed E-state index contributed by atoms with van der Waals surface area (Å²) >= 11 is 0. The standard InChI is InChI=1S/C55H57FN8O5/c1-34-22-37-8-6-7-9-40(37)30-63(34)54(67)48-24-41-29-62(52(66)25-39-10-11-43(26-50(39)56)61-19-18-60-20-21-69-33-45(60)31-61)17-16-38(41)23-47(48)49-32-58(4)36(3)53(49)55(68)64(42-12-14-46(65)15-13-42)51-27-44(28-57)59(5)35(51)2/h6-15,23-24,26-27,32,34,45,65H,16-22,25,29-31,33H2,1-5H3/t34-,45+/m1/s1. The van der Waals surface area contributed by atoms with E-state index in [9.17, 15) is 15.2 Å². The van der Waals surface area contributed by atoms with Crippen LogP contribution in [-0.4, -0.2) is 105 Å². The molecule has 10 rings (SSSR count). The molecule has 13 nitrogen and oxygen atoms in total. The topological polar surface area (TPSA) is 131 Å². The lowest BCUT2D eigenvalue weighted by atomic mass is 9.87. The van der Waals surface area contributed by atoms with Crippen LogP contribution in [0.2, 0.25) is 0 Å². The summed E-state index contributed by atoms with van der Waals surface area (Å²) in [5.74, 6) is -1.13. The fraction of sp³-hybridized carbons (Fsp3) is 0.345. The smallest absolute Gasteiger partial charge is 0.265 e. The number of aromatic hydroxyl groups is 1. The maximum atomic E-state index is 15.9. The molecule has 0 radical (unpaired) electrons. The van der Waals surface area contributed by atoms with Gasteiger partial charge in [-0.05, 0) is 122 Å². The third kappa shape index (κ3) is 8.44. The number of benzene rings is 4. The Balaban J connectivity index is 1.00. The van der Waals surface area contributed by atoms with Gasteiger partial charge in [0.2, 0.25) is 5.91 Å². The lowest BCUT2D eigenvalue weighted by Gasteiger charge is -2.44. The van der Waals surface area contributed by atoms with E-state index in [1.807, 2.05) is 66.9 Å². The zero-order valence-electron chi connectivity index (χ0n) is 39.8. The van der Waals surface area contributed by atoms with Crippen LogP contribution in [0.15, 0.2) is 91.1 Å². The summed E-state index contributed by atoms with van der Waals surface area (Å²) in [7, 11) is 3.65. The summed E-state index contributed by atoms with van der Waals surface area (Å²) < 4.78 is 25.2. The first-order chi connectivity index (χ1) is 33.3. The highest BCUT2D eigenvalue weighted by atomic mass is 19.1. The molecule has 4 aliphatic rings. The third-order valence-corrected chi connectivity index (χ3v) is 15.0. The number of nitriles is 1. The Morgan fingerprint density at radius 3 is 2.41 bits per heavy atom. The molecule has 0 spiro atoms. The molecule has 354 valence electrons. The number of carbonyl (C=O) groups is 3. The van der Waals surface area contributed by atoms with E-state index < -0.39 is 5.82 Å². The van der Waals surface area contributed by atoms with E-state index in [1.54, 1.807) is 51.7 Å². The molecule has 6 heterocycles. The van der Waals surface area contributed by atoms with Crippen molar-refractivity contribution in [2.45, 2.75) is 65.2 Å². The molecule has 4 aliphatic heterocycles. The predicted octanol–water partition coefficient (Wildman–Crippen LogP) is 7.58. The number of ether oxygens (including phenoxy) is 1. The molecule has 2 aromatic heterocycles. The summed E-state index contributed by atoms with van der Waals surface area (Å²) in [5, 5.41) is 20.3. The maximum absolute atomic E-state index is 15.9. The molecular formula is C55H57FN8O5. The Bertz CT molecular complexity index is 3060. The first kappa shape index (κ1) is 45.6. The average molecular weight is 929 g/mol. The molecular weight excluding hydrogens is 872 g/mol. The summed E-state index contributed by atoms with van der Waals surface area (Å²) in [5.41, 5.74) is 9.89. The normalized spacial score (nSPS) is 18.0. The first-order valence-electron chi connectivity index (χ1n) is 23.8. The number of phenolic OH excluding ortho intramolecular Hbond substituents is 1. The van der Waals surface area contributed by atoms with Gasteiger partial charge in [0.15, 0.2) is 0 Å². The molecule has 2 fully saturated rings. The van der Waals surface area contributed by atoms with E-state index in [1.165, 1.54) is 17.7 Å². The lowest BCUT2D eigenvalue weighted by molar-refractivity contribution is -0.131. The van der Waals surface area contributed by atoms with Crippen molar-refractivity contribution in [2.24, 2.45) is 14.1 Å². The van der Waals surface area contributed by atoms with Crippen LogP contribution in [0.1, 0.15) is 72.5 Å². The van der Waals surface area contributed by atoms with Crippen LogP contribution in [0.4, 0.5) is 21.5 Å². The minimum atomic E-state index is -0.407. The number of halogens is 1. The molecule has 2 atom stereocenters. The number of anilines is 3. The van der Waals surface area contributed by atoms with E-state index in [2.05, 4.69) is 34.9 Å². The summed E-state index contributed by atoms with van der Waals surface area (Å²) in [6.07, 6.45) is 2.98. The van der Waals surface area contributed by atoms with Crippen molar-refractivity contribution < 1.29 is 28.6 Å². The highest BCUT2D eigenvalue weighted by molar-refractivity contribution is 6.16. The predicted molar refractivity (Wildman–Crippen MR) is 262 cm³/mol. The molecule has 69 heavy (non-hydrogen) atoms. The number of phenols is 1. The molecule has 1 N–H and O–H groups in total. The number of hydrogen-bond acceptors (Lipinski definition) is 8. The Morgan fingerprint density at radius 1 is 0.870 bits per heavy atom. The van der Waals surface area contributed by atoms with Crippen molar-refractivity contribution in [2.75, 3.05) is 55.7 Å². The Kier molecular flexibility index (Phi) is 12.1. The van der Waals surface area contributed by atoms with Gasteiger partial charge in [-0.15, -0.1) is 0 Å². The van der Waals surface area contributed by atoms with Crippen LogP contribution in [-0.2, 0) is 56.0 Å². The minimum Gasteiger partial charge on any atom is -0.508 e. The minimum absolute atomic E-state index is 0.0402. The van der Waals surface area contributed by atoms with Crippen molar-refractivity contribution in [3.63, 3.8) is 0 Å². The summed E-state index contributed by atoms with van der Waals surface area (Å²) in [6, 6.07) is 27.7. The number of aromatic nitrogens is 2. The van der Waals surface area contributed by atoms with Crippen LogP contribution in [0, 0.1) is 31.0 Å². The first-order valence-corrected chi connectivity index (χ1v) is 23.8. The van der Waals surface area contributed by atoms with Gasteiger partial charge < -0.3 is 33.7 Å². The Morgan fingerprint density at radius 2 is 1.65 bits per heavy atom. The molecule has 4 aromatic carbocycles. The number of morpholine rings is 1. The quantitative estimate of drug-likeness (QED) is 0.166. The van der Waals surface area contributed by atoms with Crippen LogP contribution < -0.4 is 9.80 Å². The maximum Gasteiger partial charge on any atom is 0.265 e. The van der Waals surface area contributed by atoms with Gasteiger partial charge in [-0.3, -0.25) is 24.2 Å². The number of amides is 3. The second-order valence-corrected chi connectivity index (χ2v) is 19.1. The fourth-order valence-electron chi connectivity index (χ4n) is 10.8. The van der Waals surface area contributed by atoms with Gasteiger partial charge in [-0.2, -0.15) is 5.26 Å². The largest absolute Gasteiger partial charge is 0.508 e. The van der Waals surface area contributed by atoms with Crippen LogP contribution in [0.5, 0.6) is 5.75 Å². The van der Waals surface area contributed by atoms with Crippen LogP contribution in [0.3, 0.4) is 0 Å². The monoisotopic (exact) mass is 928 g/mol. The van der Waals surface area contributed by atoms with Crippen molar-refractivity contribution in [1.29, 1.82) is 5.26 Å². The van der Waals surface area contributed by atoms with Gasteiger partial charge in [-0.25, -0.2) is 4.39 Å². The third-order valence-electron chi connectivity index (χ3n) is 15.0. The highest BCUT2D eigenvalue weighted by Crippen LogP contribution is 2.40. The highest BCUT2D eigenvalue weighted by Gasteiger charge is 2.36. The molecule has 14 heteroatoms. The molecule has 0 saturated carbocycles. The van der Waals surface area contributed by atoms with E-state index in [-0.39, 0.29) is 48.5 Å². The average Bonchev–Trinajstić information content (AvgIpc) is 3.82. The van der Waals surface area contributed by atoms with E-state index in [4.69, 9.17) is 4.74 Å². The van der Waals surface area contributed by atoms with Crippen LogP contribution >= 0.6 is 0 Å². The SMILES string of the molecule is Cc1c(C(=O)N(c2ccc(O)cc2)c2cc(C#N)n(C)c2C)c(-c2cc3c(cc2C(=O)N2Cc4ccccc4C[C@H]2C)CN(C(=O)Cc2ccc(N4CCN5CCOC[C@@H]5C4)cc2F)CC3)cn1C. The number of aryl methyl sites for hydroxylation is 1. The van der Waals surface area contributed by atoms with Gasteiger partial charge in [-0.1, -0.05) is 30.3 Å². The molecule has 0 aliphatic carbocycles. The Hall–Kier alpha value is -7.21. The molecule has 0 bridgehead atoms. The van der Waals surface area contributed by atoms with Crippen LogP contribution in [0.25, 0.3) is 11.1 Å². The molecule has 6 aromatic rings. The fourth-order valence-corrected chi connectivity index (χ4v) is 10.8. The molecule has 0 unspecified atom stereocenters. The number of piperazine rings is 1. The second-order valence-electron chi connectivity index (χ2n) is 19.1. The van der Waals surface area contributed by atoms with E-state index in [0.717, 1.165) is 55.2 Å². The van der Waals surface area contributed by atoms with Crippen molar-refractivity contribution in [3.8, 4) is 22.9 Å². The van der Waals surface area contributed by atoms with Gasteiger partial charge >= 0.3 is 0 Å². The van der Waals surface area contributed by atoms with E-state index in [0.29, 0.717) is 88.8 Å². The summed E-state index contributed by atoms with van der Waals surface area (Å²) in [4.78, 5) is 54.8. The zero-order chi connectivity index (χ0) is 48.2. The van der Waals surface area contributed by atoms with E-state index >= 15 is 14.0 Å². The van der Waals surface area contributed by atoms with Crippen molar-refractivity contribution >= 4 is 34.8 Å². The molecule has 3 amide bonds. The van der Waals surface area contributed by atoms with Crippen molar-refractivity contribution in [1.82, 2.24) is 23.8 Å². The van der Waals surface area contributed by atoms with Gasteiger partial charge in [0, 0.05) is 106 Å². The summed E-state index contributed by atoms with van der Waals surface area (Å²) in [6.45, 7) is 11.6. The number of hydrogen-bond donors (Lipinski definition) is 1. The van der Waals surface area contributed by atoms with Gasteiger partial charge in [0.25, 0.3) is 11.8 Å². The van der Waals surface area contributed by atoms with Gasteiger partial charge in [0.05, 0.1) is 36.9 Å². The zero-order valence-corrected chi connectivity index (χ0v) is 39.8. The van der Waals surface area contributed by atoms with Crippen molar-refractivity contribution in [3.05, 3.63) is 153 Å². The number of carbonyl (C=O) groups excluding carboxylic acids is 3. The second kappa shape index (κ2) is 18.4. The lowest BCUT2D eigenvalue weighted by Crippen LogP contribution is -2.58. The molecule has 2 saturated heterocycles. The number of nitrogens with zero attached hydrogens (tertiary/aromatic N) is 8. The number of fused-ring (bicyclic) bond motifs is 3. The number of rotatable bonds is 8.